The summed E-state index contributed by atoms with van der Waals surface area (Å²) >= 11 is 5.03. The number of hydrogen-bond acceptors (Lipinski definition) is 3. The summed E-state index contributed by atoms with van der Waals surface area (Å²) in [6.45, 7) is 6.06. The topological polar surface area (TPSA) is 49.4 Å². The molecule has 4 nitrogen and oxygen atoms in total. The van der Waals surface area contributed by atoms with Gasteiger partial charge in [0.05, 0.1) is 0 Å². The second-order valence-corrected chi connectivity index (χ2v) is 6.11. The molecule has 1 heterocycles. The van der Waals surface area contributed by atoms with Crippen molar-refractivity contribution >= 4 is 35.2 Å². The lowest BCUT2D eigenvalue weighted by molar-refractivity contribution is -0.128. The molecule has 0 bridgehead atoms. The molecule has 126 valence electrons. The summed E-state index contributed by atoms with van der Waals surface area (Å²) in [6, 6.07) is 7.94. The van der Waals surface area contributed by atoms with Crippen molar-refractivity contribution in [2.24, 2.45) is 0 Å². The molecule has 0 aliphatic carbocycles. The van der Waals surface area contributed by atoms with Crippen molar-refractivity contribution in [3.8, 4) is 0 Å². The first-order chi connectivity index (χ1) is 11.6. The molecule has 1 aromatic rings. The van der Waals surface area contributed by atoms with Crippen LogP contribution in [-0.2, 0) is 16.0 Å². The highest BCUT2D eigenvalue weighted by atomic mass is 32.1. The number of carbonyl (C=O) groups excluding carboxylic acids is 2. The summed E-state index contributed by atoms with van der Waals surface area (Å²) in [4.78, 5) is 25.8. The lowest BCUT2D eigenvalue weighted by Gasteiger charge is -2.27. The van der Waals surface area contributed by atoms with Crippen LogP contribution < -0.4 is 5.32 Å². The second-order valence-electron chi connectivity index (χ2n) is 5.72. The maximum Gasteiger partial charge on any atom is 0.265 e. The van der Waals surface area contributed by atoms with Gasteiger partial charge in [-0.15, -0.1) is 6.58 Å². The van der Waals surface area contributed by atoms with Crippen LogP contribution in [0.1, 0.15) is 37.3 Å². The van der Waals surface area contributed by atoms with E-state index in [4.69, 9.17) is 12.2 Å². The van der Waals surface area contributed by atoms with Crippen molar-refractivity contribution < 1.29 is 9.59 Å². The fraction of sp³-hybridized carbons (Fsp3) is 0.316. The van der Waals surface area contributed by atoms with Gasteiger partial charge in [0.25, 0.3) is 11.8 Å². The third-order valence-electron chi connectivity index (χ3n) is 3.86. The molecular weight excluding hydrogens is 320 g/mol. The monoisotopic (exact) mass is 342 g/mol. The largest absolute Gasteiger partial charge is 0.298 e. The first kappa shape index (κ1) is 18.1. The predicted molar refractivity (Wildman–Crippen MR) is 100 cm³/mol. The minimum Gasteiger partial charge on any atom is -0.298 e. The Bertz CT molecular complexity index is 677. The lowest BCUT2D eigenvalue weighted by atomic mass is 10.0. The number of amides is 2. The molecule has 0 atom stereocenters. The van der Waals surface area contributed by atoms with Gasteiger partial charge >= 0.3 is 0 Å². The van der Waals surface area contributed by atoms with Gasteiger partial charge in [-0.25, -0.2) is 0 Å². The van der Waals surface area contributed by atoms with Crippen LogP contribution in [-0.4, -0.2) is 28.4 Å². The first-order valence-corrected chi connectivity index (χ1v) is 8.56. The van der Waals surface area contributed by atoms with Gasteiger partial charge in [0.2, 0.25) is 0 Å². The zero-order valence-electron chi connectivity index (χ0n) is 13.9. The van der Waals surface area contributed by atoms with Crippen LogP contribution in [0.25, 0.3) is 6.08 Å². The number of nitrogens with one attached hydrogen (secondary N) is 1. The first-order valence-electron chi connectivity index (χ1n) is 8.15. The number of nitrogens with zero attached hydrogens (tertiary/aromatic N) is 1. The van der Waals surface area contributed by atoms with Gasteiger partial charge in [0, 0.05) is 6.54 Å². The number of thiocarbonyl (C=S) groups is 1. The molecule has 24 heavy (non-hydrogen) atoms. The number of rotatable bonds is 7. The Morgan fingerprint density at radius 2 is 1.92 bits per heavy atom. The standard InChI is InChI=1S/C19H22N2O2S/c1-3-5-6-7-14-8-10-15(11-9-14)13-16-17(22)20-19(24)21(12-4-2)18(16)23/h4,8-11,13H,2-3,5-7,12H2,1H3,(H,20,22,24). The molecule has 1 aliphatic rings. The van der Waals surface area contributed by atoms with E-state index in [-0.39, 0.29) is 17.2 Å². The van der Waals surface area contributed by atoms with Crippen LogP contribution in [0.3, 0.4) is 0 Å². The van der Waals surface area contributed by atoms with Gasteiger partial charge in [-0.1, -0.05) is 50.1 Å². The molecular formula is C19H22N2O2S. The van der Waals surface area contributed by atoms with Crippen molar-refractivity contribution in [3.63, 3.8) is 0 Å². The average Bonchev–Trinajstić information content (AvgIpc) is 2.57. The Morgan fingerprint density at radius 3 is 2.54 bits per heavy atom. The van der Waals surface area contributed by atoms with Crippen molar-refractivity contribution in [1.82, 2.24) is 10.2 Å². The molecule has 0 spiro atoms. The number of carbonyl (C=O) groups is 2. The van der Waals surface area contributed by atoms with Gasteiger partial charge < -0.3 is 0 Å². The third kappa shape index (κ3) is 4.38. The van der Waals surface area contributed by atoms with E-state index in [0.717, 1.165) is 12.0 Å². The van der Waals surface area contributed by atoms with Crippen molar-refractivity contribution in [1.29, 1.82) is 0 Å². The van der Waals surface area contributed by atoms with E-state index in [1.165, 1.54) is 29.7 Å². The van der Waals surface area contributed by atoms with Crippen LogP contribution >= 0.6 is 12.2 Å². The Labute approximate surface area is 148 Å². The summed E-state index contributed by atoms with van der Waals surface area (Å²) in [7, 11) is 0. The van der Waals surface area contributed by atoms with Gasteiger partial charge in [0.1, 0.15) is 5.57 Å². The average molecular weight is 342 g/mol. The van der Waals surface area contributed by atoms with Crippen molar-refractivity contribution in [2.45, 2.75) is 32.6 Å². The minimum absolute atomic E-state index is 0.0872. The van der Waals surface area contributed by atoms with E-state index in [0.29, 0.717) is 0 Å². The summed E-state index contributed by atoms with van der Waals surface area (Å²) in [6.07, 6.45) is 7.82. The smallest absolute Gasteiger partial charge is 0.265 e. The lowest BCUT2D eigenvalue weighted by Crippen LogP contribution is -2.53. The number of unbranched alkanes of at least 4 members (excludes halogenated alkanes) is 2. The predicted octanol–water partition coefficient (Wildman–Crippen LogP) is 3.23. The van der Waals surface area contributed by atoms with E-state index in [1.807, 2.05) is 24.3 Å². The molecule has 1 N–H and O–H groups in total. The summed E-state index contributed by atoms with van der Waals surface area (Å²) in [5.41, 5.74) is 2.17. The fourth-order valence-electron chi connectivity index (χ4n) is 2.52. The molecule has 0 saturated carbocycles. The number of aryl methyl sites for hydroxylation is 1. The normalized spacial score (nSPS) is 16.5. The SMILES string of the molecule is C=CCN1C(=O)C(=Cc2ccc(CCCCC)cc2)C(=O)NC1=S. The van der Waals surface area contributed by atoms with Crippen LogP contribution in [0.5, 0.6) is 0 Å². The van der Waals surface area contributed by atoms with Crippen molar-refractivity contribution in [3.05, 3.63) is 53.6 Å². The zero-order chi connectivity index (χ0) is 17.5. The molecule has 2 rings (SSSR count). The molecule has 1 fully saturated rings. The number of benzene rings is 1. The Kier molecular flexibility index (Phi) is 6.44. The molecule has 0 unspecified atom stereocenters. The Balaban J connectivity index is 2.16. The molecule has 1 aromatic carbocycles. The third-order valence-corrected chi connectivity index (χ3v) is 4.18. The molecule has 1 aliphatic heterocycles. The quantitative estimate of drug-likeness (QED) is 0.272. The maximum atomic E-state index is 12.4. The zero-order valence-corrected chi connectivity index (χ0v) is 14.7. The van der Waals surface area contributed by atoms with E-state index >= 15 is 0 Å². The number of hydrogen-bond donors (Lipinski definition) is 1. The minimum atomic E-state index is -0.461. The maximum absolute atomic E-state index is 12.4. The van der Waals surface area contributed by atoms with Gasteiger partial charge in [-0.2, -0.15) is 0 Å². The highest BCUT2D eigenvalue weighted by Crippen LogP contribution is 2.16. The van der Waals surface area contributed by atoms with Gasteiger partial charge in [-0.05, 0) is 42.3 Å². The van der Waals surface area contributed by atoms with Crippen molar-refractivity contribution in [2.75, 3.05) is 6.54 Å². The van der Waals surface area contributed by atoms with Crippen LogP contribution in [0.4, 0.5) is 0 Å². The van der Waals surface area contributed by atoms with Gasteiger partial charge in [-0.3, -0.25) is 19.8 Å². The van der Waals surface area contributed by atoms with E-state index in [1.54, 1.807) is 12.2 Å². The molecule has 0 radical (unpaired) electrons. The molecule has 5 heteroatoms. The van der Waals surface area contributed by atoms with Gasteiger partial charge in [0.15, 0.2) is 5.11 Å². The second kappa shape index (κ2) is 8.55. The van der Waals surface area contributed by atoms with E-state index in [9.17, 15) is 9.59 Å². The fourth-order valence-corrected chi connectivity index (χ4v) is 2.77. The van der Waals surface area contributed by atoms with Crippen LogP contribution in [0.2, 0.25) is 0 Å². The summed E-state index contributed by atoms with van der Waals surface area (Å²) in [5.74, 6) is -0.854. The van der Waals surface area contributed by atoms with E-state index < -0.39 is 11.8 Å². The van der Waals surface area contributed by atoms with Crippen LogP contribution in [0, 0.1) is 0 Å². The summed E-state index contributed by atoms with van der Waals surface area (Å²) < 4.78 is 0. The highest BCUT2D eigenvalue weighted by molar-refractivity contribution is 7.80. The highest BCUT2D eigenvalue weighted by Gasteiger charge is 2.32. The van der Waals surface area contributed by atoms with Crippen LogP contribution in [0.15, 0.2) is 42.5 Å². The van der Waals surface area contributed by atoms with E-state index in [2.05, 4.69) is 18.8 Å². The Hall–Kier alpha value is -2.27. The molecule has 2 amide bonds. The summed E-state index contributed by atoms with van der Waals surface area (Å²) in [5, 5.41) is 2.66. The molecule has 1 saturated heterocycles. The molecule has 0 aromatic heterocycles. The Morgan fingerprint density at radius 1 is 1.21 bits per heavy atom.